The first-order valence-electron chi connectivity index (χ1n) is 17.4. The van der Waals surface area contributed by atoms with Crippen molar-refractivity contribution in [2.75, 3.05) is 6.54 Å². The molecule has 278 valence electrons. The van der Waals surface area contributed by atoms with Gasteiger partial charge in [0.05, 0.1) is 22.3 Å². The van der Waals surface area contributed by atoms with Crippen LogP contribution in [0.3, 0.4) is 0 Å². The molecule has 0 aromatic heterocycles. The highest BCUT2D eigenvalue weighted by Gasteiger charge is 2.46. The molecule has 2 atom stereocenters. The standard InChI is InChI=1S/C23H29N3O5.C13H10N2O4.CO2/c1-2-3-4-5-6-7-8-13-24-20(28)15-9-10-16-17(14-15)23(31)26(22(16)30)18-11-12-19(27)25-21(18)29;16-10-6-5-9(11(17)14-10)15-12(18)7-3-1-2-4-8(7)13(15)19;2-1-3/h9-10,14,18H,2-8,11-13H2,1H3,(H,24,28)(H,25,27,29);1-4,9H,5-6H2,(H,14,16,17);. The molecular weight excluding hydrogens is 690 g/mol. The number of imide groups is 4. The summed E-state index contributed by atoms with van der Waals surface area (Å²) < 4.78 is 0. The molecule has 3 N–H and O–H groups in total. The third kappa shape index (κ3) is 9.21. The Bertz CT molecular complexity index is 1830. The Labute approximate surface area is 304 Å². The molecule has 2 aromatic rings. The monoisotopic (exact) mass is 729 g/mol. The lowest BCUT2D eigenvalue weighted by molar-refractivity contribution is -0.191. The summed E-state index contributed by atoms with van der Waals surface area (Å²) >= 11 is 0. The van der Waals surface area contributed by atoms with E-state index in [9.17, 15) is 43.2 Å². The van der Waals surface area contributed by atoms with Crippen LogP contribution in [0.25, 0.3) is 0 Å². The minimum absolute atomic E-state index is 0.0655. The van der Waals surface area contributed by atoms with Gasteiger partial charge in [-0.05, 0) is 49.6 Å². The van der Waals surface area contributed by atoms with Crippen LogP contribution in [0.4, 0.5) is 0 Å². The molecule has 4 aliphatic heterocycles. The van der Waals surface area contributed by atoms with Crippen LogP contribution in [-0.4, -0.2) is 87.7 Å². The van der Waals surface area contributed by atoms with Crippen LogP contribution in [0.1, 0.15) is 129 Å². The number of rotatable bonds is 11. The molecule has 2 unspecified atom stereocenters. The lowest BCUT2D eigenvalue weighted by Gasteiger charge is -2.27. The molecule has 16 heteroatoms. The number of hydrogen-bond acceptors (Lipinski definition) is 11. The second-order valence-electron chi connectivity index (χ2n) is 12.7. The van der Waals surface area contributed by atoms with Crippen molar-refractivity contribution in [3.05, 3.63) is 70.3 Å². The van der Waals surface area contributed by atoms with E-state index in [0.29, 0.717) is 23.2 Å². The molecule has 0 aliphatic carbocycles. The highest BCUT2D eigenvalue weighted by Crippen LogP contribution is 2.29. The molecule has 2 fully saturated rings. The summed E-state index contributed by atoms with van der Waals surface area (Å²) in [6.45, 7) is 2.74. The quantitative estimate of drug-likeness (QED) is 0.224. The molecule has 6 rings (SSSR count). The van der Waals surface area contributed by atoms with Crippen LogP contribution < -0.4 is 16.0 Å². The number of nitrogens with one attached hydrogen (secondary N) is 3. The maximum atomic E-state index is 12.8. The van der Waals surface area contributed by atoms with Crippen molar-refractivity contribution in [1.29, 1.82) is 0 Å². The van der Waals surface area contributed by atoms with E-state index in [0.717, 1.165) is 29.1 Å². The smallest absolute Gasteiger partial charge is 0.352 e. The predicted octanol–water partition coefficient (Wildman–Crippen LogP) is 2.07. The zero-order valence-electron chi connectivity index (χ0n) is 29.1. The Morgan fingerprint density at radius 3 is 1.57 bits per heavy atom. The first-order valence-corrected chi connectivity index (χ1v) is 17.4. The third-order valence-electron chi connectivity index (χ3n) is 9.12. The van der Waals surface area contributed by atoms with Crippen LogP contribution in [0, 0.1) is 0 Å². The highest BCUT2D eigenvalue weighted by atomic mass is 16.2. The maximum Gasteiger partial charge on any atom is 0.373 e. The van der Waals surface area contributed by atoms with E-state index in [4.69, 9.17) is 9.59 Å². The van der Waals surface area contributed by atoms with Gasteiger partial charge in [-0.3, -0.25) is 63.6 Å². The summed E-state index contributed by atoms with van der Waals surface area (Å²) in [5.74, 6) is -4.49. The minimum atomic E-state index is -1.01. The van der Waals surface area contributed by atoms with Crippen molar-refractivity contribution < 1.29 is 52.7 Å². The Balaban J connectivity index is 0.000000242. The Morgan fingerprint density at radius 1 is 0.660 bits per heavy atom. The second kappa shape index (κ2) is 18.4. The van der Waals surface area contributed by atoms with Crippen molar-refractivity contribution in [3.63, 3.8) is 0 Å². The fourth-order valence-electron chi connectivity index (χ4n) is 6.42. The summed E-state index contributed by atoms with van der Waals surface area (Å²) in [4.78, 5) is 127. The van der Waals surface area contributed by atoms with Crippen molar-refractivity contribution in [1.82, 2.24) is 25.8 Å². The molecule has 0 bridgehead atoms. The number of carbonyl (C=O) groups is 9. The van der Waals surface area contributed by atoms with Gasteiger partial charge in [0.15, 0.2) is 0 Å². The van der Waals surface area contributed by atoms with Crippen molar-refractivity contribution >= 4 is 59.3 Å². The number of unbranched alkanes of at least 4 members (excludes halogenated alkanes) is 6. The molecule has 0 saturated carbocycles. The minimum Gasteiger partial charge on any atom is -0.352 e. The summed E-state index contributed by atoms with van der Waals surface area (Å²) in [5, 5.41) is 7.17. The highest BCUT2D eigenvalue weighted by molar-refractivity contribution is 6.24. The lowest BCUT2D eigenvalue weighted by atomic mass is 10.0. The Hall–Kier alpha value is -6.15. The van der Waals surface area contributed by atoms with Crippen molar-refractivity contribution in [2.45, 2.75) is 89.6 Å². The van der Waals surface area contributed by atoms with Crippen LogP contribution in [0.15, 0.2) is 42.5 Å². The first kappa shape index (κ1) is 39.6. The molecule has 2 saturated heterocycles. The second-order valence-corrected chi connectivity index (χ2v) is 12.7. The van der Waals surface area contributed by atoms with Crippen LogP contribution >= 0.6 is 0 Å². The van der Waals surface area contributed by atoms with Gasteiger partial charge in [-0.15, -0.1) is 0 Å². The van der Waals surface area contributed by atoms with Crippen molar-refractivity contribution in [3.8, 4) is 0 Å². The summed E-state index contributed by atoms with van der Waals surface area (Å²) in [5.41, 5.74) is 1.18. The fraction of sp³-hybridized carbons (Fsp3) is 0.405. The molecule has 53 heavy (non-hydrogen) atoms. The van der Waals surface area contributed by atoms with Gasteiger partial charge >= 0.3 is 6.15 Å². The van der Waals surface area contributed by atoms with Gasteiger partial charge < -0.3 is 5.32 Å². The normalized spacial score (nSPS) is 18.9. The number of benzene rings is 2. The van der Waals surface area contributed by atoms with E-state index in [1.54, 1.807) is 24.3 Å². The number of fused-ring (bicyclic) bond motifs is 2. The van der Waals surface area contributed by atoms with E-state index in [1.807, 2.05) is 0 Å². The molecule has 0 spiro atoms. The van der Waals surface area contributed by atoms with E-state index >= 15 is 0 Å². The molecule has 2 aromatic carbocycles. The zero-order valence-corrected chi connectivity index (χ0v) is 29.1. The lowest BCUT2D eigenvalue weighted by Crippen LogP contribution is -2.54. The van der Waals surface area contributed by atoms with Crippen LogP contribution in [0.5, 0.6) is 0 Å². The molecule has 16 nitrogen and oxygen atoms in total. The summed E-state index contributed by atoms with van der Waals surface area (Å²) in [7, 11) is 0. The summed E-state index contributed by atoms with van der Waals surface area (Å²) in [6, 6.07) is 8.90. The van der Waals surface area contributed by atoms with Gasteiger partial charge in [-0.2, -0.15) is 9.59 Å². The third-order valence-corrected chi connectivity index (χ3v) is 9.12. The zero-order chi connectivity index (χ0) is 38.7. The summed E-state index contributed by atoms with van der Waals surface area (Å²) in [6.07, 6.45) is 8.77. The van der Waals surface area contributed by atoms with Gasteiger partial charge in [-0.25, -0.2) is 0 Å². The molecule has 0 radical (unpaired) electrons. The fourth-order valence-corrected chi connectivity index (χ4v) is 6.42. The molecule has 4 aliphatic rings. The topological polar surface area (TPSA) is 230 Å². The van der Waals surface area contributed by atoms with Gasteiger partial charge in [0.2, 0.25) is 23.6 Å². The SMILES string of the molecule is CCCCCCCCCNC(=O)c1ccc2c(c1)C(=O)N(C1CCC(=O)NC1=O)C2=O.O=C1CCC(N2C(=O)c3ccccc3C2=O)C(=O)N1.O=C=O. The van der Waals surface area contributed by atoms with E-state index in [2.05, 4.69) is 22.9 Å². The Kier molecular flexibility index (Phi) is 13.7. The largest absolute Gasteiger partial charge is 0.373 e. The first-order chi connectivity index (χ1) is 25.4. The molecular formula is C37H39N5O11. The predicted molar refractivity (Wildman–Crippen MR) is 182 cm³/mol. The van der Waals surface area contributed by atoms with Gasteiger partial charge in [-0.1, -0.05) is 57.6 Å². The maximum absolute atomic E-state index is 12.8. The van der Waals surface area contributed by atoms with Crippen LogP contribution in [0.2, 0.25) is 0 Å². The Morgan fingerprint density at radius 2 is 1.09 bits per heavy atom. The number of piperidine rings is 2. The van der Waals surface area contributed by atoms with Gasteiger partial charge in [0.1, 0.15) is 12.1 Å². The average Bonchev–Trinajstić information content (AvgIpc) is 3.53. The van der Waals surface area contributed by atoms with E-state index in [1.165, 1.54) is 43.9 Å². The van der Waals surface area contributed by atoms with Crippen LogP contribution in [-0.2, 0) is 28.8 Å². The number of carbonyl (C=O) groups excluding carboxylic acids is 11. The van der Waals surface area contributed by atoms with Crippen molar-refractivity contribution in [2.24, 2.45) is 0 Å². The molecule has 9 amide bonds. The van der Waals surface area contributed by atoms with Gasteiger partial charge in [0, 0.05) is 24.9 Å². The number of amides is 9. The number of nitrogens with zero attached hydrogens (tertiary/aromatic N) is 2. The molecule has 4 heterocycles. The van der Waals surface area contributed by atoms with E-state index < -0.39 is 53.4 Å². The van der Waals surface area contributed by atoms with E-state index in [-0.39, 0.29) is 54.8 Å². The average molecular weight is 730 g/mol. The van der Waals surface area contributed by atoms with Gasteiger partial charge in [0.25, 0.3) is 29.5 Å². The number of hydrogen-bond donors (Lipinski definition) is 3.